The van der Waals surface area contributed by atoms with E-state index in [0.29, 0.717) is 0 Å². The Bertz CT molecular complexity index is 211. The molecule has 0 aliphatic rings. The summed E-state index contributed by atoms with van der Waals surface area (Å²) in [5, 5.41) is 0. The standard InChI is InChI=1S/C11H16.C2H6.W/c1-9(2)8-11-6-4-10(3)5-7-11;1-2;/h4-7,9H,8H2,1-3H3;1-2H3;. The minimum absolute atomic E-state index is 0. The number of hydrogen-bond donors (Lipinski definition) is 0. The van der Waals surface area contributed by atoms with E-state index in [-0.39, 0.29) is 21.1 Å². The smallest absolute Gasteiger partial charge is 0 e. The first kappa shape index (κ1) is 16.3. The van der Waals surface area contributed by atoms with Crippen molar-refractivity contribution in [3.05, 3.63) is 35.4 Å². The summed E-state index contributed by atoms with van der Waals surface area (Å²) in [5.41, 5.74) is 2.79. The van der Waals surface area contributed by atoms with Crippen molar-refractivity contribution in [1.82, 2.24) is 0 Å². The molecule has 0 heterocycles. The maximum Gasteiger partial charge on any atom is 0 e. The minimum Gasteiger partial charge on any atom is -0.0683 e. The van der Waals surface area contributed by atoms with E-state index in [9.17, 15) is 0 Å². The summed E-state index contributed by atoms with van der Waals surface area (Å²) in [6, 6.07) is 8.79. The van der Waals surface area contributed by atoms with E-state index in [1.807, 2.05) is 13.8 Å². The number of hydrogen-bond acceptors (Lipinski definition) is 0. The SMILES string of the molecule is CC.Cc1ccc(CC(C)C)cc1.[W]. The van der Waals surface area contributed by atoms with Crippen molar-refractivity contribution in [2.24, 2.45) is 5.92 Å². The van der Waals surface area contributed by atoms with Crippen LogP contribution in [0.5, 0.6) is 0 Å². The normalized spacial score (nSPS) is 8.71. The Hall–Kier alpha value is -0.0917. The Labute approximate surface area is 103 Å². The topological polar surface area (TPSA) is 0 Å². The summed E-state index contributed by atoms with van der Waals surface area (Å²) >= 11 is 0. The first-order valence-corrected chi connectivity index (χ1v) is 5.24. The fraction of sp³-hybridized carbons (Fsp3) is 0.538. The number of rotatable bonds is 2. The Morgan fingerprint density at radius 2 is 1.43 bits per heavy atom. The molecular formula is C13H22W. The van der Waals surface area contributed by atoms with Gasteiger partial charge in [0.05, 0.1) is 0 Å². The van der Waals surface area contributed by atoms with Gasteiger partial charge in [-0.25, -0.2) is 0 Å². The minimum atomic E-state index is 0. The van der Waals surface area contributed by atoms with Gasteiger partial charge in [-0.1, -0.05) is 57.5 Å². The fourth-order valence-corrected chi connectivity index (χ4v) is 1.20. The molecule has 0 radical (unpaired) electrons. The molecule has 1 aromatic rings. The zero-order valence-corrected chi connectivity index (χ0v) is 12.9. The third kappa shape index (κ3) is 7.33. The molecule has 1 aromatic carbocycles. The van der Waals surface area contributed by atoms with Gasteiger partial charge >= 0.3 is 0 Å². The summed E-state index contributed by atoms with van der Waals surface area (Å²) in [6.07, 6.45) is 1.19. The summed E-state index contributed by atoms with van der Waals surface area (Å²) in [6.45, 7) is 10.6. The summed E-state index contributed by atoms with van der Waals surface area (Å²) in [4.78, 5) is 0. The van der Waals surface area contributed by atoms with Crippen LogP contribution in [0.3, 0.4) is 0 Å². The van der Waals surface area contributed by atoms with Gasteiger partial charge in [0.25, 0.3) is 0 Å². The van der Waals surface area contributed by atoms with Crippen LogP contribution in [0.2, 0.25) is 0 Å². The molecule has 0 aliphatic carbocycles. The van der Waals surface area contributed by atoms with Crippen molar-refractivity contribution in [1.29, 1.82) is 0 Å². The van der Waals surface area contributed by atoms with Gasteiger partial charge in [0, 0.05) is 21.1 Å². The van der Waals surface area contributed by atoms with Gasteiger partial charge in [0.1, 0.15) is 0 Å². The van der Waals surface area contributed by atoms with Crippen LogP contribution in [0.4, 0.5) is 0 Å². The van der Waals surface area contributed by atoms with Crippen LogP contribution in [0, 0.1) is 12.8 Å². The molecule has 80 valence electrons. The predicted octanol–water partition coefficient (Wildman–Crippen LogP) is 4.22. The van der Waals surface area contributed by atoms with Crippen molar-refractivity contribution < 1.29 is 21.1 Å². The van der Waals surface area contributed by atoms with E-state index in [4.69, 9.17) is 0 Å². The summed E-state index contributed by atoms with van der Waals surface area (Å²) < 4.78 is 0. The predicted molar refractivity (Wildman–Crippen MR) is 61.1 cm³/mol. The van der Waals surface area contributed by atoms with Crippen LogP contribution in [0.15, 0.2) is 24.3 Å². The Balaban J connectivity index is 0. The Morgan fingerprint density at radius 1 is 1.00 bits per heavy atom. The second-order valence-electron chi connectivity index (χ2n) is 3.58. The molecule has 0 aliphatic heterocycles. The molecule has 1 rings (SSSR count). The van der Waals surface area contributed by atoms with Crippen LogP contribution in [0.25, 0.3) is 0 Å². The average molecular weight is 362 g/mol. The molecule has 0 saturated heterocycles. The molecule has 0 N–H and O–H groups in total. The monoisotopic (exact) mass is 362 g/mol. The molecule has 0 fully saturated rings. The molecule has 0 nitrogen and oxygen atoms in total. The zero-order chi connectivity index (χ0) is 10.3. The summed E-state index contributed by atoms with van der Waals surface area (Å²) in [5.74, 6) is 0.762. The second-order valence-corrected chi connectivity index (χ2v) is 3.58. The van der Waals surface area contributed by atoms with Gasteiger partial charge in [0.2, 0.25) is 0 Å². The Morgan fingerprint density at radius 3 is 1.79 bits per heavy atom. The van der Waals surface area contributed by atoms with Gasteiger partial charge in [-0.2, -0.15) is 0 Å². The van der Waals surface area contributed by atoms with Crippen molar-refractivity contribution in [2.45, 2.75) is 41.0 Å². The maximum absolute atomic E-state index is 2.25. The molecule has 0 spiro atoms. The van der Waals surface area contributed by atoms with Gasteiger partial charge in [-0.05, 0) is 24.8 Å². The summed E-state index contributed by atoms with van der Waals surface area (Å²) in [7, 11) is 0. The second kappa shape index (κ2) is 9.46. The number of aryl methyl sites for hydroxylation is 1. The van der Waals surface area contributed by atoms with Crippen molar-refractivity contribution in [3.8, 4) is 0 Å². The van der Waals surface area contributed by atoms with E-state index >= 15 is 0 Å². The first-order chi connectivity index (χ1) is 6.18. The van der Waals surface area contributed by atoms with Crippen LogP contribution < -0.4 is 0 Å². The largest absolute Gasteiger partial charge is 0.0683 e. The van der Waals surface area contributed by atoms with E-state index in [1.54, 1.807) is 0 Å². The van der Waals surface area contributed by atoms with Crippen LogP contribution in [0.1, 0.15) is 38.8 Å². The van der Waals surface area contributed by atoms with Gasteiger partial charge in [-0.3, -0.25) is 0 Å². The fourth-order valence-electron chi connectivity index (χ4n) is 1.20. The average Bonchev–Trinajstić information content (AvgIpc) is 2.12. The molecule has 0 atom stereocenters. The third-order valence-corrected chi connectivity index (χ3v) is 1.76. The Kier molecular flexibility index (Phi) is 11.0. The van der Waals surface area contributed by atoms with Crippen LogP contribution in [-0.4, -0.2) is 0 Å². The molecule has 1 heteroatoms. The van der Waals surface area contributed by atoms with Crippen molar-refractivity contribution in [2.75, 3.05) is 0 Å². The zero-order valence-electron chi connectivity index (χ0n) is 10.0. The maximum atomic E-state index is 2.25. The molecule has 0 amide bonds. The molecule has 0 bridgehead atoms. The van der Waals surface area contributed by atoms with Crippen LogP contribution in [-0.2, 0) is 27.5 Å². The van der Waals surface area contributed by atoms with Crippen molar-refractivity contribution in [3.63, 3.8) is 0 Å². The quantitative estimate of drug-likeness (QED) is 0.739. The molecule has 0 aromatic heterocycles. The van der Waals surface area contributed by atoms with Crippen LogP contribution >= 0.6 is 0 Å². The molecular weight excluding hydrogens is 340 g/mol. The number of benzene rings is 1. The van der Waals surface area contributed by atoms with Crippen molar-refractivity contribution >= 4 is 0 Å². The van der Waals surface area contributed by atoms with E-state index < -0.39 is 0 Å². The van der Waals surface area contributed by atoms with E-state index in [2.05, 4.69) is 45.0 Å². The van der Waals surface area contributed by atoms with E-state index in [1.165, 1.54) is 17.5 Å². The van der Waals surface area contributed by atoms with E-state index in [0.717, 1.165) is 5.92 Å². The van der Waals surface area contributed by atoms with Gasteiger partial charge in [-0.15, -0.1) is 0 Å². The molecule has 0 unspecified atom stereocenters. The first-order valence-electron chi connectivity index (χ1n) is 5.24. The molecule has 14 heavy (non-hydrogen) atoms. The van der Waals surface area contributed by atoms with Gasteiger partial charge in [0.15, 0.2) is 0 Å². The molecule has 0 saturated carbocycles. The third-order valence-electron chi connectivity index (χ3n) is 1.76. The van der Waals surface area contributed by atoms with Gasteiger partial charge < -0.3 is 0 Å².